The molecule has 0 spiro atoms. The number of aliphatic hydroxyl groups is 1. The average Bonchev–Trinajstić information content (AvgIpc) is 2.25. The van der Waals surface area contributed by atoms with Crippen LogP contribution in [0.25, 0.3) is 0 Å². The predicted molar refractivity (Wildman–Crippen MR) is 65.1 cm³/mol. The van der Waals surface area contributed by atoms with Gasteiger partial charge in [-0.15, -0.1) is 11.8 Å². The van der Waals surface area contributed by atoms with Gasteiger partial charge >= 0.3 is 0 Å². The lowest BCUT2D eigenvalue weighted by molar-refractivity contribution is 0.198. The molecule has 0 aromatic carbocycles. The number of thioether (sulfide) groups is 1. The fraction of sp³-hybridized carbons (Fsp3) is 0.583. The van der Waals surface area contributed by atoms with Crippen LogP contribution in [0.15, 0.2) is 23.4 Å². The van der Waals surface area contributed by atoms with Crippen LogP contribution in [0.4, 0.5) is 0 Å². The third kappa shape index (κ3) is 4.67. The normalized spacial score (nSPS) is 12.7. The summed E-state index contributed by atoms with van der Waals surface area (Å²) >= 11 is 1.79. The third-order valence-electron chi connectivity index (χ3n) is 2.24. The van der Waals surface area contributed by atoms with E-state index in [1.165, 1.54) is 19.3 Å². The second-order valence-electron chi connectivity index (χ2n) is 3.66. The Hall–Kier alpha value is -0.540. The zero-order valence-electron chi connectivity index (χ0n) is 9.44. The standard InChI is InChI=1S/C12H19NOS/c1-3-4-5-8-15-12-7-6-11(9-13-12)10(2)14/h6-7,9-10,14H,3-5,8H2,1-2H3/t10-/m1/s1. The third-order valence-corrected chi connectivity index (χ3v) is 3.27. The monoisotopic (exact) mass is 225 g/mol. The summed E-state index contributed by atoms with van der Waals surface area (Å²) in [7, 11) is 0. The molecule has 1 heterocycles. The van der Waals surface area contributed by atoms with Crippen LogP contribution in [0, 0.1) is 0 Å². The van der Waals surface area contributed by atoms with Gasteiger partial charge in [-0.05, 0) is 30.7 Å². The molecule has 1 atom stereocenters. The Labute approximate surface area is 96.1 Å². The molecule has 3 heteroatoms. The summed E-state index contributed by atoms with van der Waals surface area (Å²) in [4.78, 5) is 4.30. The fourth-order valence-electron chi connectivity index (χ4n) is 1.25. The summed E-state index contributed by atoms with van der Waals surface area (Å²) in [6.07, 6.45) is 5.14. The van der Waals surface area contributed by atoms with Gasteiger partial charge in [-0.25, -0.2) is 4.98 Å². The van der Waals surface area contributed by atoms with Crippen LogP contribution in [-0.4, -0.2) is 15.8 Å². The second kappa shape index (κ2) is 6.85. The van der Waals surface area contributed by atoms with E-state index in [1.807, 2.05) is 12.1 Å². The number of rotatable bonds is 6. The van der Waals surface area contributed by atoms with Gasteiger partial charge in [0.25, 0.3) is 0 Å². The number of aromatic nitrogens is 1. The number of hydrogen-bond acceptors (Lipinski definition) is 3. The summed E-state index contributed by atoms with van der Waals surface area (Å²) in [5.74, 6) is 1.13. The Balaban J connectivity index is 2.36. The van der Waals surface area contributed by atoms with Crippen molar-refractivity contribution in [2.24, 2.45) is 0 Å². The molecule has 0 aliphatic rings. The topological polar surface area (TPSA) is 33.1 Å². The highest BCUT2D eigenvalue weighted by atomic mass is 32.2. The van der Waals surface area contributed by atoms with Gasteiger partial charge in [0.05, 0.1) is 11.1 Å². The maximum absolute atomic E-state index is 9.31. The minimum Gasteiger partial charge on any atom is -0.389 e. The van der Waals surface area contributed by atoms with E-state index in [4.69, 9.17) is 0 Å². The van der Waals surface area contributed by atoms with E-state index < -0.39 is 6.10 Å². The molecule has 1 aromatic heterocycles. The smallest absolute Gasteiger partial charge is 0.0960 e. The maximum Gasteiger partial charge on any atom is 0.0960 e. The van der Waals surface area contributed by atoms with Gasteiger partial charge < -0.3 is 5.11 Å². The van der Waals surface area contributed by atoms with Crippen molar-refractivity contribution in [1.29, 1.82) is 0 Å². The van der Waals surface area contributed by atoms with Crippen LogP contribution in [0.1, 0.15) is 44.8 Å². The lowest BCUT2D eigenvalue weighted by Crippen LogP contribution is -1.92. The van der Waals surface area contributed by atoms with E-state index in [0.717, 1.165) is 16.3 Å². The Morgan fingerprint density at radius 1 is 1.40 bits per heavy atom. The molecule has 0 saturated heterocycles. The highest BCUT2D eigenvalue weighted by molar-refractivity contribution is 7.99. The fourth-order valence-corrected chi connectivity index (χ4v) is 2.10. The Morgan fingerprint density at radius 2 is 2.20 bits per heavy atom. The van der Waals surface area contributed by atoms with Crippen LogP contribution in [-0.2, 0) is 0 Å². The molecule has 0 fully saturated rings. The van der Waals surface area contributed by atoms with Crippen molar-refractivity contribution in [3.8, 4) is 0 Å². The van der Waals surface area contributed by atoms with Crippen molar-refractivity contribution in [1.82, 2.24) is 4.98 Å². The Bertz CT molecular complexity index is 271. The highest BCUT2D eigenvalue weighted by Crippen LogP contribution is 2.19. The minimum absolute atomic E-state index is 0.420. The summed E-state index contributed by atoms with van der Waals surface area (Å²) < 4.78 is 0. The molecule has 0 unspecified atom stereocenters. The molecule has 2 nitrogen and oxygen atoms in total. The molecule has 1 rings (SSSR count). The van der Waals surface area contributed by atoms with Crippen LogP contribution >= 0.6 is 11.8 Å². The Kier molecular flexibility index (Phi) is 5.73. The van der Waals surface area contributed by atoms with E-state index in [2.05, 4.69) is 11.9 Å². The summed E-state index contributed by atoms with van der Waals surface area (Å²) in [5, 5.41) is 10.4. The van der Waals surface area contributed by atoms with Crippen molar-refractivity contribution in [3.05, 3.63) is 23.9 Å². The summed E-state index contributed by atoms with van der Waals surface area (Å²) in [6, 6.07) is 3.93. The van der Waals surface area contributed by atoms with Crippen LogP contribution in [0.3, 0.4) is 0 Å². The summed E-state index contributed by atoms with van der Waals surface area (Å²) in [5.41, 5.74) is 0.882. The van der Waals surface area contributed by atoms with Gasteiger partial charge in [-0.2, -0.15) is 0 Å². The number of nitrogens with zero attached hydrogens (tertiary/aromatic N) is 1. The van der Waals surface area contributed by atoms with E-state index in [9.17, 15) is 5.11 Å². The second-order valence-corrected chi connectivity index (χ2v) is 4.78. The molecule has 0 aliphatic carbocycles. The molecule has 0 aliphatic heterocycles. The van der Waals surface area contributed by atoms with Crippen molar-refractivity contribution < 1.29 is 5.11 Å². The van der Waals surface area contributed by atoms with Crippen molar-refractivity contribution in [3.63, 3.8) is 0 Å². The quantitative estimate of drug-likeness (QED) is 0.595. The first-order valence-electron chi connectivity index (χ1n) is 5.51. The largest absolute Gasteiger partial charge is 0.389 e. The first-order chi connectivity index (χ1) is 7.24. The van der Waals surface area contributed by atoms with Crippen LogP contribution in [0.2, 0.25) is 0 Å². The predicted octanol–water partition coefficient (Wildman–Crippen LogP) is 3.42. The van der Waals surface area contributed by atoms with E-state index in [1.54, 1.807) is 24.9 Å². The van der Waals surface area contributed by atoms with Gasteiger partial charge in [0.1, 0.15) is 0 Å². The summed E-state index contributed by atoms with van der Waals surface area (Å²) in [6.45, 7) is 3.96. The van der Waals surface area contributed by atoms with Crippen LogP contribution in [0.5, 0.6) is 0 Å². The van der Waals surface area contributed by atoms with Gasteiger partial charge in [-0.1, -0.05) is 25.8 Å². The van der Waals surface area contributed by atoms with Gasteiger partial charge in [0.15, 0.2) is 0 Å². The van der Waals surface area contributed by atoms with Crippen molar-refractivity contribution in [2.75, 3.05) is 5.75 Å². The molecule has 0 bridgehead atoms. The molecular formula is C12H19NOS. The average molecular weight is 225 g/mol. The molecule has 84 valence electrons. The Morgan fingerprint density at radius 3 is 2.73 bits per heavy atom. The van der Waals surface area contributed by atoms with Crippen LogP contribution < -0.4 is 0 Å². The zero-order valence-corrected chi connectivity index (χ0v) is 10.3. The van der Waals surface area contributed by atoms with Crippen molar-refractivity contribution in [2.45, 2.75) is 44.2 Å². The number of aliphatic hydroxyl groups excluding tert-OH is 1. The maximum atomic E-state index is 9.31. The number of pyridine rings is 1. The minimum atomic E-state index is -0.420. The van der Waals surface area contributed by atoms with Gasteiger partial charge in [-0.3, -0.25) is 0 Å². The van der Waals surface area contributed by atoms with Gasteiger partial charge in [0.2, 0.25) is 0 Å². The first-order valence-corrected chi connectivity index (χ1v) is 6.49. The van der Waals surface area contributed by atoms with E-state index in [-0.39, 0.29) is 0 Å². The molecule has 0 saturated carbocycles. The lowest BCUT2D eigenvalue weighted by Gasteiger charge is -2.05. The first kappa shape index (κ1) is 12.5. The molecule has 15 heavy (non-hydrogen) atoms. The molecule has 1 N–H and O–H groups in total. The molecule has 1 aromatic rings. The van der Waals surface area contributed by atoms with E-state index >= 15 is 0 Å². The number of hydrogen-bond donors (Lipinski definition) is 1. The van der Waals surface area contributed by atoms with E-state index in [0.29, 0.717) is 0 Å². The zero-order chi connectivity index (χ0) is 11.1. The molecular weight excluding hydrogens is 206 g/mol. The van der Waals surface area contributed by atoms with Gasteiger partial charge in [0, 0.05) is 6.20 Å². The molecule has 0 amide bonds. The number of unbranched alkanes of at least 4 members (excludes halogenated alkanes) is 2. The SMILES string of the molecule is CCCCCSc1ccc([C@@H](C)O)cn1. The molecule has 0 radical (unpaired) electrons. The highest BCUT2D eigenvalue weighted by Gasteiger charge is 2.01. The lowest BCUT2D eigenvalue weighted by atomic mass is 10.2. The van der Waals surface area contributed by atoms with Crippen molar-refractivity contribution >= 4 is 11.8 Å².